The van der Waals surface area contributed by atoms with Crippen LogP contribution in [-0.4, -0.2) is 159 Å². The van der Waals surface area contributed by atoms with E-state index in [4.69, 9.17) is 0 Å². The van der Waals surface area contributed by atoms with Crippen LogP contribution in [0.4, 0.5) is 10.5 Å². The number of benzene rings is 2. The number of anilines is 1. The number of carbonyl (C=O) groups excluding carboxylic acids is 7. The summed E-state index contributed by atoms with van der Waals surface area (Å²) in [6.45, 7) is 9.43. The lowest BCUT2D eigenvalue weighted by Gasteiger charge is -2.42. The standard InChI is InChI=1S/C43H58N8O9/c1-24-10-12-30(13-11-24)45-42(60)46-32(17-29-9-7-8-25(2)16-29)37(55)47-36(28(5)52)41(59)50-22-31(53)18-33(50)40(58)49-15-14-48(6)23-34(49)38(56)44-27(4)39(57)51-21-26(3)19-43(51)20-35(43)54/h7-13,16,26-28,31-34,36,52-53H,14-15,17-23H2,1-6H3,(H,44,56)(H,47,55)(H2,45,46,60)/t26-,27+,28+,31-,32+,33+,34+,36+,43+/m1/s1. The predicted octanol–water partition coefficient (Wildman–Crippen LogP) is 0.0909. The van der Waals surface area contributed by atoms with Gasteiger partial charge in [0.2, 0.25) is 29.5 Å². The summed E-state index contributed by atoms with van der Waals surface area (Å²) in [5, 5.41) is 32.5. The Bertz CT molecular complexity index is 1990. The minimum Gasteiger partial charge on any atom is -0.391 e. The average molecular weight is 831 g/mol. The molecular weight excluding hydrogens is 773 g/mol. The van der Waals surface area contributed by atoms with Crippen LogP contribution in [0, 0.1) is 19.8 Å². The Morgan fingerprint density at radius 1 is 0.867 bits per heavy atom. The number of β-amino-alcohol motifs (C(OH)–C–C–N with tert-alkyl or cyclic N) is 1. The predicted molar refractivity (Wildman–Crippen MR) is 220 cm³/mol. The number of likely N-dealkylation sites (N-methyl/N-ethyl adjacent to an activating group) is 1. The van der Waals surface area contributed by atoms with Crippen LogP contribution in [0.25, 0.3) is 0 Å². The topological polar surface area (TPSA) is 221 Å². The van der Waals surface area contributed by atoms with Crippen molar-refractivity contribution in [2.45, 2.75) is 108 Å². The molecule has 6 rings (SSSR count). The lowest BCUT2D eigenvalue weighted by atomic mass is 10.0. The van der Waals surface area contributed by atoms with Crippen LogP contribution < -0.4 is 21.3 Å². The van der Waals surface area contributed by atoms with Gasteiger partial charge in [-0.15, -0.1) is 0 Å². The molecule has 3 aliphatic heterocycles. The molecule has 0 aromatic heterocycles. The lowest BCUT2D eigenvalue weighted by Crippen LogP contribution is -2.65. The molecule has 6 N–H and O–H groups in total. The molecule has 0 unspecified atom stereocenters. The van der Waals surface area contributed by atoms with Crippen molar-refractivity contribution in [3.05, 3.63) is 65.2 Å². The minimum atomic E-state index is -1.58. The molecule has 0 bridgehead atoms. The van der Waals surface area contributed by atoms with E-state index < -0.39 is 77.6 Å². The second-order valence-corrected chi connectivity index (χ2v) is 17.3. The van der Waals surface area contributed by atoms with Gasteiger partial charge >= 0.3 is 6.03 Å². The number of Topliss-reactive ketones (excluding diaryl/α,β-unsaturated/α-hetero) is 1. The van der Waals surface area contributed by atoms with Crippen LogP contribution >= 0.6 is 0 Å². The fraction of sp³-hybridized carbons (Fsp3) is 0.558. The van der Waals surface area contributed by atoms with Crippen molar-refractivity contribution in [1.82, 2.24) is 35.6 Å². The van der Waals surface area contributed by atoms with Gasteiger partial charge in [0.05, 0.1) is 12.2 Å². The first-order valence-corrected chi connectivity index (χ1v) is 20.7. The van der Waals surface area contributed by atoms with E-state index in [2.05, 4.69) is 21.3 Å². The molecule has 4 fully saturated rings. The number of hydrogen-bond acceptors (Lipinski definition) is 10. The molecule has 9 atom stereocenters. The van der Waals surface area contributed by atoms with Crippen molar-refractivity contribution >= 4 is 47.0 Å². The van der Waals surface area contributed by atoms with E-state index in [1.165, 1.54) is 11.8 Å². The first-order valence-electron chi connectivity index (χ1n) is 20.7. The largest absolute Gasteiger partial charge is 0.391 e. The zero-order valence-corrected chi connectivity index (χ0v) is 35.1. The van der Waals surface area contributed by atoms with E-state index in [0.29, 0.717) is 31.6 Å². The highest BCUT2D eigenvalue weighted by molar-refractivity contribution is 6.09. The summed E-state index contributed by atoms with van der Waals surface area (Å²) in [4.78, 5) is 102. The SMILES string of the molecule is Cc1ccc(NC(=O)N[C@@H](Cc2cccc(C)c2)C(=O)N[C@H](C(=O)N2C[C@H](O)C[C@H]2C(=O)N2CCN(C)C[C@H]2C(=O)N[C@@H](C)C(=O)N2C[C@H](C)C[C@@]23CC3=O)[C@H](C)O)cc1. The van der Waals surface area contributed by atoms with E-state index >= 15 is 0 Å². The van der Waals surface area contributed by atoms with Gasteiger partial charge < -0.3 is 51.1 Å². The Balaban J connectivity index is 1.16. The molecule has 324 valence electrons. The molecule has 17 nitrogen and oxygen atoms in total. The Hall–Kier alpha value is -5.39. The quantitative estimate of drug-likeness (QED) is 0.169. The summed E-state index contributed by atoms with van der Waals surface area (Å²) in [6.07, 6.45) is -1.79. The van der Waals surface area contributed by atoms with Crippen LogP contribution in [-0.2, 0) is 35.2 Å². The number of aliphatic hydroxyl groups excluding tert-OH is 2. The molecule has 17 heteroatoms. The summed E-state index contributed by atoms with van der Waals surface area (Å²) in [5.74, 6) is -2.99. The smallest absolute Gasteiger partial charge is 0.319 e. The summed E-state index contributed by atoms with van der Waals surface area (Å²) in [5.41, 5.74) is 2.36. The van der Waals surface area contributed by atoms with Gasteiger partial charge in [-0.3, -0.25) is 28.8 Å². The van der Waals surface area contributed by atoms with Gasteiger partial charge in [-0.25, -0.2) is 4.79 Å². The summed E-state index contributed by atoms with van der Waals surface area (Å²) < 4.78 is 0. The Kier molecular flexibility index (Phi) is 13.3. The monoisotopic (exact) mass is 830 g/mol. The fourth-order valence-electron chi connectivity index (χ4n) is 8.76. The van der Waals surface area contributed by atoms with Crippen LogP contribution in [0.2, 0.25) is 0 Å². The molecule has 1 saturated carbocycles. The summed E-state index contributed by atoms with van der Waals surface area (Å²) in [6, 6.07) is 7.75. The maximum Gasteiger partial charge on any atom is 0.319 e. The Morgan fingerprint density at radius 3 is 2.22 bits per heavy atom. The number of nitrogens with zero attached hydrogens (tertiary/aromatic N) is 4. The van der Waals surface area contributed by atoms with E-state index in [1.807, 2.05) is 56.0 Å². The zero-order chi connectivity index (χ0) is 43.6. The first kappa shape index (κ1) is 44.2. The van der Waals surface area contributed by atoms with Crippen LogP contribution in [0.5, 0.6) is 0 Å². The van der Waals surface area contributed by atoms with Crippen molar-refractivity contribution in [3.63, 3.8) is 0 Å². The van der Waals surface area contributed by atoms with Crippen LogP contribution in [0.15, 0.2) is 48.5 Å². The molecular formula is C43H58N8O9. The lowest BCUT2D eigenvalue weighted by molar-refractivity contribution is -0.152. The third kappa shape index (κ3) is 9.79. The second kappa shape index (κ2) is 18.1. The fourth-order valence-corrected chi connectivity index (χ4v) is 8.76. The molecule has 3 saturated heterocycles. The second-order valence-electron chi connectivity index (χ2n) is 17.3. The van der Waals surface area contributed by atoms with E-state index in [0.717, 1.165) is 21.6 Å². The number of rotatable bonds is 12. The van der Waals surface area contributed by atoms with Crippen LogP contribution in [0.3, 0.4) is 0 Å². The molecule has 2 aromatic rings. The molecule has 1 spiro atoms. The molecule has 7 amide bonds. The normalized spacial score (nSPS) is 25.9. The van der Waals surface area contributed by atoms with Gasteiger partial charge in [-0.1, -0.05) is 54.4 Å². The van der Waals surface area contributed by atoms with Crippen LogP contribution in [0.1, 0.15) is 56.7 Å². The average Bonchev–Trinajstić information content (AvgIpc) is 3.47. The molecule has 2 aromatic carbocycles. The highest BCUT2D eigenvalue weighted by atomic mass is 16.3. The van der Waals surface area contributed by atoms with Gasteiger partial charge in [0, 0.05) is 57.7 Å². The number of hydrogen-bond donors (Lipinski definition) is 6. The van der Waals surface area contributed by atoms with Crippen molar-refractivity contribution in [2.75, 3.05) is 45.1 Å². The summed E-state index contributed by atoms with van der Waals surface area (Å²) >= 11 is 0. The highest BCUT2D eigenvalue weighted by Crippen LogP contribution is 2.48. The number of amides is 7. The minimum absolute atomic E-state index is 0.0136. The molecule has 1 aliphatic carbocycles. The summed E-state index contributed by atoms with van der Waals surface area (Å²) in [7, 11) is 1.79. The first-order chi connectivity index (χ1) is 28.4. The highest BCUT2D eigenvalue weighted by Gasteiger charge is 2.63. The van der Waals surface area contributed by atoms with Gasteiger partial charge in [-0.05, 0) is 64.8 Å². The maximum absolute atomic E-state index is 14.4. The van der Waals surface area contributed by atoms with Gasteiger partial charge in [-0.2, -0.15) is 0 Å². The number of likely N-dealkylation sites (tertiary alicyclic amines) is 2. The van der Waals surface area contributed by atoms with E-state index in [-0.39, 0.29) is 50.1 Å². The maximum atomic E-state index is 14.4. The number of urea groups is 1. The number of nitrogens with one attached hydrogen (secondary N) is 4. The number of aliphatic hydroxyl groups is 2. The van der Waals surface area contributed by atoms with Crippen molar-refractivity contribution in [3.8, 4) is 0 Å². The third-order valence-corrected chi connectivity index (χ3v) is 12.1. The number of aryl methyl sites for hydroxylation is 2. The molecule has 3 heterocycles. The van der Waals surface area contributed by atoms with Crippen molar-refractivity contribution < 1.29 is 43.8 Å². The molecule has 4 aliphatic rings. The van der Waals surface area contributed by atoms with Gasteiger partial charge in [0.15, 0.2) is 5.78 Å². The zero-order valence-electron chi connectivity index (χ0n) is 35.1. The Morgan fingerprint density at radius 2 is 1.57 bits per heavy atom. The van der Waals surface area contributed by atoms with E-state index in [1.54, 1.807) is 37.1 Å². The van der Waals surface area contributed by atoms with Gasteiger partial charge in [0.1, 0.15) is 35.7 Å². The third-order valence-electron chi connectivity index (χ3n) is 12.1. The van der Waals surface area contributed by atoms with Crippen molar-refractivity contribution in [1.29, 1.82) is 0 Å². The number of carbonyl (C=O) groups is 7. The number of piperazine rings is 1. The van der Waals surface area contributed by atoms with Gasteiger partial charge in [0.25, 0.3) is 0 Å². The van der Waals surface area contributed by atoms with E-state index in [9.17, 15) is 43.8 Å². The molecule has 0 radical (unpaired) electrons. The Labute approximate surface area is 350 Å². The number of ketones is 1. The van der Waals surface area contributed by atoms with Crippen molar-refractivity contribution in [2.24, 2.45) is 5.92 Å². The molecule has 60 heavy (non-hydrogen) atoms.